The minimum Gasteiger partial charge on any atom is -0.380 e. The van der Waals surface area contributed by atoms with Gasteiger partial charge < -0.3 is 10.1 Å². The maximum atomic E-state index is 12.4. The van der Waals surface area contributed by atoms with Crippen LogP contribution in [-0.2, 0) is 11.3 Å². The van der Waals surface area contributed by atoms with Gasteiger partial charge in [-0.15, -0.1) is 0 Å². The standard InChI is InChI=1S/C19H21NO3/c1-14(12-18(21)15-8-4-3-5-9-15)20-19(22)17-11-7-6-10-16(17)13-23-2/h3-11,14H,12-13H2,1-2H3,(H,20,22). The number of methoxy groups -OCH3 is 1. The average molecular weight is 311 g/mol. The summed E-state index contributed by atoms with van der Waals surface area (Å²) in [5.74, 6) is -0.172. The van der Waals surface area contributed by atoms with E-state index >= 15 is 0 Å². The van der Waals surface area contributed by atoms with Crippen LogP contribution in [0.25, 0.3) is 0 Å². The number of amides is 1. The van der Waals surface area contributed by atoms with Crippen molar-refractivity contribution in [2.24, 2.45) is 0 Å². The van der Waals surface area contributed by atoms with E-state index in [-0.39, 0.29) is 24.2 Å². The van der Waals surface area contributed by atoms with E-state index in [4.69, 9.17) is 4.74 Å². The lowest BCUT2D eigenvalue weighted by atomic mass is 10.0. The average Bonchev–Trinajstić information content (AvgIpc) is 2.56. The van der Waals surface area contributed by atoms with Gasteiger partial charge in [-0.3, -0.25) is 9.59 Å². The first kappa shape index (κ1) is 16.9. The Labute approximate surface area is 136 Å². The van der Waals surface area contributed by atoms with E-state index in [1.807, 2.05) is 43.3 Å². The SMILES string of the molecule is COCc1ccccc1C(=O)NC(C)CC(=O)c1ccccc1. The number of benzene rings is 2. The smallest absolute Gasteiger partial charge is 0.251 e. The molecule has 120 valence electrons. The third-order valence-electron chi connectivity index (χ3n) is 3.53. The zero-order valence-electron chi connectivity index (χ0n) is 13.4. The molecule has 0 radical (unpaired) electrons. The third-order valence-corrected chi connectivity index (χ3v) is 3.53. The molecule has 2 rings (SSSR count). The lowest BCUT2D eigenvalue weighted by Gasteiger charge is -2.15. The maximum absolute atomic E-state index is 12.4. The predicted molar refractivity (Wildman–Crippen MR) is 89.5 cm³/mol. The summed E-state index contributed by atoms with van der Waals surface area (Å²) < 4.78 is 5.11. The molecule has 1 amide bonds. The van der Waals surface area contributed by atoms with Crippen molar-refractivity contribution in [2.75, 3.05) is 7.11 Å². The Hall–Kier alpha value is -2.46. The molecule has 0 aromatic heterocycles. The first-order chi connectivity index (χ1) is 11.1. The summed E-state index contributed by atoms with van der Waals surface area (Å²) in [6, 6.07) is 16.2. The van der Waals surface area contributed by atoms with Crippen LogP contribution in [0, 0.1) is 0 Å². The Balaban J connectivity index is 1.99. The lowest BCUT2D eigenvalue weighted by Crippen LogP contribution is -2.34. The predicted octanol–water partition coefficient (Wildman–Crippen LogP) is 3.22. The molecule has 0 spiro atoms. The number of ketones is 1. The highest BCUT2D eigenvalue weighted by atomic mass is 16.5. The second-order valence-corrected chi connectivity index (χ2v) is 5.46. The van der Waals surface area contributed by atoms with Gasteiger partial charge in [-0.1, -0.05) is 48.5 Å². The van der Waals surface area contributed by atoms with E-state index in [0.717, 1.165) is 5.56 Å². The monoisotopic (exact) mass is 311 g/mol. The first-order valence-corrected chi connectivity index (χ1v) is 7.57. The molecule has 1 unspecified atom stereocenters. The molecule has 2 aromatic carbocycles. The van der Waals surface area contributed by atoms with Crippen LogP contribution in [0.15, 0.2) is 54.6 Å². The molecule has 4 nitrogen and oxygen atoms in total. The summed E-state index contributed by atoms with van der Waals surface area (Å²) in [5, 5.41) is 2.88. The highest BCUT2D eigenvalue weighted by Gasteiger charge is 2.16. The largest absolute Gasteiger partial charge is 0.380 e. The first-order valence-electron chi connectivity index (χ1n) is 7.57. The molecule has 1 atom stereocenters. The van der Waals surface area contributed by atoms with E-state index < -0.39 is 0 Å². The Morgan fingerprint density at radius 3 is 2.39 bits per heavy atom. The normalized spacial score (nSPS) is 11.7. The second kappa shape index (κ2) is 8.25. The number of hydrogen-bond acceptors (Lipinski definition) is 3. The van der Waals surface area contributed by atoms with Crippen molar-refractivity contribution in [1.82, 2.24) is 5.32 Å². The van der Waals surface area contributed by atoms with Crippen molar-refractivity contribution in [3.05, 3.63) is 71.3 Å². The van der Waals surface area contributed by atoms with E-state index in [1.54, 1.807) is 25.3 Å². The van der Waals surface area contributed by atoms with E-state index in [0.29, 0.717) is 17.7 Å². The molecule has 0 aliphatic carbocycles. The third kappa shape index (κ3) is 4.76. The molecular formula is C19H21NO3. The van der Waals surface area contributed by atoms with Crippen LogP contribution in [0.3, 0.4) is 0 Å². The molecule has 1 N–H and O–H groups in total. The fraction of sp³-hybridized carbons (Fsp3) is 0.263. The van der Waals surface area contributed by atoms with Gasteiger partial charge in [-0.2, -0.15) is 0 Å². The van der Waals surface area contributed by atoms with Gasteiger partial charge in [0.15, 0.2) is 5.78 Å². The number of nitrogens with one attached hydrogen (secondary N) is 1. The van der Waals surface area contributed by atoms with E-state index in [1.165, 1.54) is 0 Å². The molecule has 23 heavy (non-hydrogen) atoms. The van der Waals surface area contributed by atoms with Crippen molar-refractivity contribution in [1.29, 1.82) is 0 Å². The summed E-state index contributed by atoms with van der Waals surface area (Å²) >= 11 is 0. The molecule has 0 aliphatic rings. The number of carbonyl (C=O) groups excluding carboxylic acids is 2. The fourth-order valence-electron chi connectivity index (χ4n) is 2.40. The van der Waals surface area contributed by atoms with Gasteiger partial charge in [0, 0.05) is 30.7 Å². The minimum atomic E-state index is -0.245. The molecular weight excluding hydrogens is 290 g/mol. The lowest BCUT2D eigenvalue weighted by molar-refractivity contribution is 0.0914. The van der Waals surface area contributed by atoms with Crippen LogP contribution >= 0.6 is 0 Å². The zero-order valence-corrected chi connectivity index (χ0v) is 13.4. The highest BCUT2D eigenvalue weighted by molar-refractivity contribution is 5.98. The molecule has 4 heteroatoms. The Kier molecular flexibility index (Phi) is 6.06. The molecule has 0 heterocycles. The van der Waals surface area contributed by atoms with Crippen LogP contribution in [-0.4, -0.2) is 24.8 Å². The van der Waals surface area contributed by atoms with E-state index in [2.05, 4.69) is 5.32 Å². The van der Waals surface area contributed by atoms with Gasteiger partial charge in [0.25, 0.3) is 5.91 Å². The maximum Gasteiger partial charge on any atom is 0.251 e. The van der Waals surface area contributed by atoms with Crippen molar-refractivity contribution in [3.63, 3.8) is 0 Å². The van der Waals surface area contributed by atoms with Gasteiger partial charge in [-0.05, 0) is 18.6 Å². The van der Waals surface area contributed by atoms with Crippen molar-refractivity contribution < 1.29 is 14.3 Å². The van der Waals surface area contributed by atoms with Crippen LogP contribution < -0.4 is 5.32 Å². The molecule has 0 aliphatic heterocycles. The van der Waals surface area contributed by atoms with Gasteiger partial charge in [0.05, 0.1) is 6.61 Å². The van der Waals surface area contributed by atoms with Crippen molar-refractivity contribution in [3.8, 4) is 0 Å². The van der Waals surface area contributed by atoms with Gasteiger partial charge >= 0.3 is 0 Å². The molecule has 0 saturated carbocycles. The summed E-state index contributed by atoms with van der Waals surface area (Å²) in [6.07, 6.45) is 0.266. The van der Waals surface area contributed by atoms with Gasteiger partial charge in [0.1, 0.15) is 0 Å². The summed E-state index contributed by atoms with van der Waals surface area (Å²) in [4.78, 5) is 24.6. The van der Waals surface area contributed by atoms with E-state index in [9.17, 15) is 9.59 Å². The minimum absolute atomic E-state index is 0.0172. The van der Waals surface area contributed by atoms with Crippen molar-refractivity contribution >= 4 is 11.7 Å². The quantitative estimate of drug-likeness (QED) is 0.799. The second-order valence-electron chi connectivity index (χ2n) is 5.46. The van der Waals surface area contributed by atoms with Gasteiger partial charge in [0.2, 0.25) is 0 Å². The molecule has 0 fully saturated rings. The Morgan fingerprint density at radius 2 is 1.70 bits per heavy atom. The molecule has 2 aromatic rings. The number of Topliss-reactive ketones (excluding diaryl/α,β-unsaturated/α-hetero) is 1. The highest BCUT2D eigenvalue weighted by Crippen LogP contribution is 2.11. The fourth-order valence-corrected chi connectivity index (χ4v) is 2.40. The molecule has 0 bridgehead atoms. The number of carbonyl (C=O) groups is 2. The van der Waals surface area contributed by atoms with Crippen LogP contribution in [0.5, 0.6) is 0 Å². The Bertz CT molecular complexity index is 667. The summed E-state index contributed by atoms with van der Waals surface area (Å²) in [5.41, 5.74) is 2.07. The number of ether oxygens (including phenoxy) is 1. The van der Waals surface area contributed by atoms with Crippen molar-refractivity contribution in [2.45, 2.75) is 26.0 Å². The van der Waals surface area contributed by atoms with Crippen LogP contribution in [0.1, 0.15) is 39.6 Å². The summed E-state index contributed by atoms with van der Waals surface area (Å²) in [7, 11) is 1.59. The molecule has 0 saturated heterocycles. The summed E-state index contributed by atoms with van der Waals surface area (Å²) in [6.45, 7) is 2.21. The number of hydrogen-bond donors (Lipinski definition) is 1. The van der Waals surface area contributed by atoms with Crippen LogP contribution in [0.2, 0.25) is 0 Å². The number of rotatable bonds is 7. The zero-order chi connectivity index (χ0) is 16.7. The Morgan fingerprint density at radius 1 is 1.04 bits per heavy atom. The topological polar surface area (TPSA) is 55.4 Å². The van der Waals surface area contributed by atoms with Crippen LogP contribution in [0.4, 0.5) is 0 Å². The van der Waals surface area contributed by atoms with Gasteiger partial charge in [-0.25, -0.2) is 0 Å².